The minimum absolute atomic E-state index is 0.00641. The lowest BCUT2D eigenvalue weighted by Crippen LogP contribution is -2.33. The lowest BCUT2D eigenvalue weighted by atomic mass is 10.0. The summed E-state index contributed by atoms with van der Waals surface area (Å²) in [6.07, 6.45) is 3.76. The summed E-state index contributed by atoms with van der Waals surface area (Å²) < 4.78 is 6.45. The molecule has 7 heteroatoms. The molecule has 2 heterocycles. The molecule has 1 aliphatic carbocycles. The number of halogens is 1. The van der Waals surface area contributed by atoms with E-state index in [2.05, 4.69) is 31.1 Å². The molecule has 1 aromatic carbocycles. The zero-order chi connectivity index (χ0) is 18.1. The highest BCUT2D eigenvalue weighted by Crippen LogP contribution is 2.31. The topological polar surface area (TPSA) is 75.4 Å². The standard InChI is InChI=1S/C19H18BrN3O3/c20-13-6-2-1-5-12(13)19-22-16-15(24)11-14(17(25)18(16)26-19)21-7-10-23-8-3-4-9-23/h1-2,5-6,11,21H,3-4,7-10H2. The summed E-state index contributed by atoms with van der Waals surface area (Å²) in [5.74, 6) is -0.375. The summed E-state index contributed by atoms with van der Waals surface area (Å²) in [5.41, 5.74) is 1.05. The highest BCUT2D eigenvalue weighted by molar-refractivity contribution is 9.10. The number of Topliss-reactive ketones (excluding diaryl/α,β-unsaturated/α-hetero) is 1. The molecule has 1 N–H and O–H groups in total. The van der Waals surface area contributed by atoms with Gasteiger partial charge in [-0.1, -0.05) is 12.1 Å². The van der Waals surface area contributed by atoms with Crippen LogP contribution in [0.2, 0.25) is 0 Å². The fourth-order valence-electron chi connectivity index (χ4n) is 3.26. The number of oxazole rings is 1. The van der Waals surface area contributed by atoms with Crippen LogP contribution in [0.15, 0.2) is 44.9 Å². The first kappa shape index (κ1) is 17.2. The zero-order valence-corrected chi connectivity index (χ0v) is 15.7. The van der Waals surface area contributed by atoms with Crippen molar-refractivity contribution in [3.05, 3.63) is 52.0 Å². The lowest BCUT2D eigenvalue weighted by Gasteiger charge is -2.17. The van der Waals surface area contributed by atoms with Crippen molar-refractivity contribution in [1.29, 1.82) is 0 Å². The number of ketones is 2. The Morgan fingerprint density at radius 1 is 1.19 bits per heavy atom. The molecular formula is C19H18BrN3O3. The number of fused-ring (bicyclic) bond motifs is 1. The Morgan fingerprint density at radius 3 is 2.73 bits per heavy atom. The number of likely N-dealkylation sites (tertiary alicyclic amines) is 1. The van der Waals surface area contributed by atoms with Crippen molar-refractivity contribution in [2.75, 3.05) is 26.2 Å². The fourth-order valence-corrected chi connectivity index (χ4v) is 3.72. The van der Waals surface area contributed by atoms with Crippen molar-refractivity contribution >= 4 is 27.5 Å². The van der Waals surface area contributed by atoms with Crippen LogP contribution < -0.4 is 5.32 Å². The number of carbonyl (C=O) groups is 2. The van der Waals surface area contributed by atoms with E-state index in [-0.39, 0.29) is 34.6 Å². The van der Waals surface area contributed by atoms with E-state index in [1.807, 2.05) is 24.3 Å². The quantitative estimate of drug-likeness (QED) is 0.808. The van der Waals surface area contributed by atoms with Crippen molar-refractivity contribution in [1.82, 2.24) is 15.2 Å². The highest BCUT2D eigenvalue weighted by atomic mass is 79.9. The van der Waals surface area contributed by atoms with Gasteiger partial charge in [0.05, 0.1) is 11.3 Å². The smallest absolute Gasteiger partial charge is 0.246 e. The van der Waals surface area contributed by atoms with Gasteiger partial charge in [0.15, 0.2) is 5.69 Å². The van der Waals surface area contributed by atoms with Gasteiger partial charge in [0, 0.05) is 23.6 Å². The van der Waals surface area contributed by atoms with Gasteiger partial charge >= 0.3 is 0 Å². The monoisotopic (exact) mass is 415 g/mol. The van der Waals surface area contributed by atoms with E-state index in [9.17, 15) is 9.59 Å². The lowest BCUT2D eigenvalue weighted by molar-refractivity contribution is 0.0956. The van der Waals surface area contributed by atoms with Crippen molar-refractivity contribution < 1.29 is 14.0 Å². The van der Waals surface area contributed by atoms with E-state index < -0.39 is 0 Å². The first-order valence-electron chi connectivity index (χ1n) is 8.66. The second-order valence-corrected chi connectivity index (χ2v) is 7.26. The van der Waals surface area contributed by atoms with Crippen LogP contribution in [0.3, 0.4) is 0 Å². The number of nitrogens with one attached hydrogen (secondary N) is 1. The van der Waals surface area contributed by atoms with Gasteiger partial charge in [0.1, 0.15) is 0 Å². The third-order valence-corrected chi connectivity index (χ3v) is 5.32. The normalized spacial score (nSPS) is 17.3. The molecule has 2 aromatic rings. The average Bonchev–Trinajstić information content (AvgIpc) is 3.29. The fraction of sp³-hybridized carbons (Fsp3) is 0.316. The number of nitrogens with zero attached hydrogens (tertiary/aromatic N) is 2. The van der Waals surface area contributed by atoms with E-state index in [1.54, 1.807) is 0 Å². The molecule has 0 unspecified atom stereocenters. The molecule has 1 aromatic heterocycles. The largest absolute Gasteiger partial charge is 0.432 e. The summed E-state index contributed by atoms with van der Waals surface area (Å²) in [6.45, 7) is 3.65. The molecule has 26 heavy (non-hydrogen) atoms. The molecule has 0 amide bonds. The molecule has 1 saturated heterocycles. The van der Waals surface area contributed by atoms with Crippen molar-refractivity contribution in [2.24, 2.45) is 0 Å². The van der Waals surface area contributed by atoms with Crippen LogP contribution in [0, 0.1) is 0 Å². The SMILES string of the molecule is O=C1C=C(NCCN2CCCC2)C(=O)c2oc(-c3ccccc3Br)nc21. The van der Waals surface area contributed by atoms with E-state index >= 15 is 0 Å². The highest BCUT2D eigenvalue weighted by Gasteiger charge is 2.32. The first-order valence-corrected chi connectivity index (χ1v) is 9.45. The van der Waals surface area contributed by atoms with Gasteiger partial charge in [0.25, 0.3) is 0 Å². The Kier molecular flexibility index (Phi) is 4.74. The molecule has 2 aliphatic rings. The van der Waals surface area contributed by atoms with E-state index in [0.717, 1.165) is 24.1 Å². The molecule has 1 fully saturated rings. The minimum Gasteiger partial charge on any atom is -0.432 e. The Bertz CT molecular complexity index is 897. The van der Waals surface area contributed by atoms with E-state index in [1.165, 1.54) is 18.9 Å². The third-order valence-electron chi connectivity index (χ3n) is 4.63. The van der Waals surface area contributed by atoms with Crippen LogP contribution >= 0.6 is 15.9 Å². The summed E-state index contributed by atoms with van der Waals surface area (Å²) in [6, 6.07) is 7.39. The molecule has 4 rings (SSSR count). The van der Waals surface area contributed by atoms with Crippen LogP contribution in [-0.4, -0.2) is 47.6 Å². The molecule has 0 atom stereocenters. The van der Waals surface area contributed by atoms with Crippen molar-refractivity contribution in [3.63, 3.8) is 0 Å². The van der Waals surface area contributed by atoms with Crippen LogP contribution in [0.25, 0.3) is 11.5 Å². The molecule has 0 spiro atoms. The summed E-state index contributed by atoms with van der Waals surface area (Å²) in [7, 11) is 0. The second kappa shape index (κ2) is 7.17. The van der Waals surface area contributed by atoms with Gasteiger partial charge in [-0.3, -0.25) is 9.59 Å². The van der Waals surface area contributed by atoms with Crippen LogP contribution in [-0.2, 0) is 0 Å². The van der Waals surface area contributed by atoms with E-state index in [0.29, 0.717) is 12.1 Å². The zero-order valence-electron chi connectivity index (χ0n) is 14.1. The van der Waals surface area contributed by atoms with E-state index in [4.69, 9.17) is 4.42 Å². The maximum atomic E-state index is 12.7. The molecule has 0 bridgehead atoms. The maximum Gasteiger partial charge on any atom is 0.246 e. The average molecular weight is 416 g/mol. The third kappa shape index (κ3) is 3.24. The van der Waals surface area contributed by atoms with Gasteiger partial charge in [-0.05, 0) is 54.0 Å². The number of rotatable bonds is 5. The molecule has 0 saturated carbocycles. The van der Waals surface area contributed by atoms with Gasteiger partial charge in [-0.2, -0.15) is 0 Å². The molecule has 1 aliphatic heterocycles. The summed E-state index contributed by atoms with van der Waals surface area (Å²) in [4.78, 5) is 31.6. The van der Waals surface area contributed by atoms with Crippen molar-refractivity contribution in [3.8, 4) is 11.5 Å². The van der Waals surface area contributed by atoms with Crippen LogP contribution in [0.1, 0.15) is 33.9 Å². The van der Waals surface area contributed by atoms with Crippen LogP contribution in [0.4, 0.5) is 0 Å². The molecular weight excluding hydrogens is 398 g/mol. The number of carbonyl (C=O) groups excluding carboxylic acids is 2. The van der Waals surface area contributed by atoms with Crippen LogP contribution in [0.5, 0.6) is 0 Å². The Labute approximate surface area is 159 Å². The number of hydrogen-bond acceptors (Lipinski definition) is 6. The number of aromatic nitrogens is 1. The molecule has 134 valence electrons. The maximum absolute atomic E-state index is 12.7. The van der Waals surface area contributed by atoms with Crippen molar-refractivity contribution in [2.45, 2.75) is 12.8 Å². The first-order chi connectivity index (χ1) is 12.6. The Balaban J connectivity index is 1.52. The van der Waals surface area contributed by atoms with Gasteiger partial charge in [-0.25, -0.2) is 4.98 Å². The Morgan fingerprint density at radius 2 is 1.96 bits per heavy atom. The predicted molar refractivity (Wildman–Crippen MR) is 100 cm³/mol. The minimum atomic E-state index is -0.327. The Hall–Kier alpha value is -2.25. The summed E-state index contributed by atoms with van der Waals surface area (Å²) in [5, 5.41) is 3.08. The number of hydrogen-bond donors (Lipinski definition) is 1. The van der Waals surface area contributed by atoms with Gasteiger partial charge in [-0.15, -0.1) is 0 Å². The van der Waals surface area contributed by atoms with Gasteiger partial charge in [0.2, 0.25) is 23.2 Å². The second-order valence-electron chi connectivity index (χ2n) is 6.40. The molecule has 6 nitrogen and oxygen atoms in total. The number of benzene rings is 1. The van der Waals surface area contributed by atoms with Gasteiger partial charge < -0.3 is 14.6 Å². The summed E-state index contributed by atoms with van der Waals surface area (Å²) >= 11 is 3.43. The number of allylic oxidation sites excluding steroid dienone is 2. The predicted octanol–water partition coefficient (Wildman–Crippen LogP) is 3.05. The molecule has 0 radical (unpaired) electrons.